The highest BCUT2D eigenvalue weighted by atomic mass is 15.1. The van der Waals surface area contributed by atoms with E-state index in [0.29, 0.717) is 11.8 Å². The van der Waals surface area contributed by atoms with Crippen molar-refractivity contribution in [1.82, 2.24) is 15.0 Å². The molecule has 0 unspecified atom stereocenters. The van der Waals surface area contributed by atoms with E-state index in [1.54, 1.807) is 6.92 Å². The van der Waals surface area contributed by atoms with Crippen LogP contribution in [0.25, 0.3) is 0 Å². The largest absolute Gasteiger partial charge is 0.368 e. The van der Waals surface area contributed by atoms with Gasteiger partial charge >= 0.3 is 0 Å². The maximum atomic E-state index is 5.37. The second kappa shape index (κ2) is 2.60. The standard InChI is InChI=1S/C6H10N4/c1-3-5-8-4(2)9-6(7)10-5/h3H2,1-2H3,(H2,7,8,9,10). The van der Waals surface area contributed by atoms with E-state index in [2.05, 4.69) is 15.0 Å². The molecule has 4 nitrogen and oxygen atoms in total. The van der Waals surface area contributed by atoms with Crippen LogP contribution in [0.5, 0.6) is 0 Å². The number of aromatic nitrogens is 3. The molecule has 0 atom stereocenters. The van der Waals surface area contributed by atoms with E-state index < -0.39 is 0 Å². The minimum absolute atomic E-state index is 0.310. The number of anilines is 1. The van der Waals surface area contributed by atoms with E-state index in [4.69, 9.17) is 5.73 Å². The first kappa shape index (κ1) is 6.92. The van der Waals surface area contributed by atoms with Gasteiger partial charge in [-0.3, -0.25) is 0 Å². The van der Waals surface area contributed by atoms with Gasteiger partial charge in [-0.15, -0.1) is 0 Å². The normalized spacial score (nSPS) is 9.80. The van der Waals surface area contributed by atoms with Crippen LogP contribution >= 0.6 is 0 Å². The second-order valence-electron chi connectivity index (χ2n) is 2.01. The zero-order valence-corrected chi connectivity index (χ0v) is 6.13. The first-order valence-corrected chi connectivity index (χ1v) is 3.19. The van der Waals surface area contributed by atoms with Crippen LogP contribution in [0.3, 0.4) is 0 Å². The molecule has 10 heavy (non-hydrogen) atoms. The van der Waals surface area contributed by atoms with Crippen molar-refractivity contribution in [3.63, 3.8) is 0 Å². The van der Waals surface area contributed by atoms with Crippen molar-refractivity contribution in [3.8, 4) is 0 Å². The molecule has 1 rings (SSSR count). The number of hydrogen-bond acceptors (Lipinski definition) is 4. The summed E-state index contributed by atoms with van der Waals surface area (Å²) in [4.78, 5) is 11.8. The van der Waals surface area contributed by atoms with Crippen LogP contribution in [0.1, 0.15) is 18.6 Å². The van der Waals surface area contributed by atoms with Gasteiger partial charge in [0.05, 0.1) is 0 Å². The van der Waals surface area contributed by atoms with Crippen LogP contribution in [-0.4, -0.2) is 15.0 Å². The minimum atomic E-state index is 0.310. The van der Waals surface area contributed by atoms with Crippen molar-refractivity contribution in [2.45, 2.75) is 20.3 Å². The van der Waals surface area contributed by atoms with E-state index in [-0.39, 0.29) is 0 Å². The summed E-state index contributed by atoms with van der Waals surface area (Å²) in [6, 6.07) is 0. The number of aryl methyl sites for hydroxylation is 2. The smallest absolute Gasteiger partial charge is 0.223 e. The Balaban J connectivity index is 3.06. The van der Waals surface area contributed by atoms with Gasteiger partial charge in [0.1, 0.15) is 11.6 Å². The molecule has 0 aliphatic carbocycles. The summed E-state index contributed by atoms with van der Waals surface area (Å²) in [5.74, 6) is 1.75. The zero-order chi connectivity index (χ0) is 7.56. The average molecular weight is 138 g/mol. The molecule has 4 heteroatoms. The molecular weight excluding hydrogens is 128 g/mol. The van der Waals surface area contributed by atoms with Crippen LogP contribution in [0.4, 0.5) is 5.95 Å². The van der Waals surface area contributed by atoms with Crippen LogP contribution in [-0.2, 0) is 6.42 Å². The fraction of sp³-hybridized carbons (Fsp3) is 0.500. The fourth-order valence-electron chi connectivity index (χ4n) is 0.718. The molecule has 0 aliphatic rings. The SMILES string of the molecule is CCc1nc(C)nc(N)n1. The minimum Gasteiger partial charge on any atom is -0.368 e. The summed E-state index contributed by atoms with van der Waals surface area (Å²) >= 11 is 0. The van der Waals surface area contributed by atoms with Gasteiger partial charge < -0.3 is 5.73 Å². The third-order valence-electron chi connectivity index (χ3n) is 1.13. The Morgan fingerprint density at radius 3 is 2.50 bits per heavy atom. The maximum Gasteiger partial charge on any atom is 0.223 e. The molecule has 1 aromatic rings. The van der Waals surface area contributed by atoms with Gasteiger partial charge in [-0.2, -0.15) is 9.97 Å². The van der Waals surface area contributed by atoms with Gasteiger partial charge in [-0.05, 0) is 6.92 Å². The number of hydrogen-bond donors (Lipinski definition) is 1. The number of rotatable bonds is 1. The van der Waals surface area contributed by atoms with Crippen molar-refractivity contribution < 1.29 is 0 Å². The van der Waals surface area contributed by atoms with Crippen molar-refractivity contribution in [2.75, 3.05) is 5.73 Å². The Hall–Kier alpha value is -1.19. The van der Waals surface area contributed by atoms with Crippen molar-refractivity contribution in [1.29, 1.82) is 0 Å². The molecule has 0 saturated heterocycles. The lowest BCUT2D eigenvalue weighted by Crippen LogP contribution is -2.03. The molecule has 0 aromatic carbocycles. The average Bonchev–Trinajstić information content (AvgIpc) is 1.85. The first-order valence-electron chi connectivity index (χ1n) is 3.19. The Labute approximate surface area is 59.5 Å². The first-order chi connectivity index (χ1) is 4.72. The molecule has 0 saturated carbocycles. The fourth-order valence-corrected chi connectivity index (χ4v) is 0.718. The van der Waals surface area contributed by atoms with Crippen LogP contribution in [0, 0.1) is 6.92 Å². The van der Waals surface area contributed by atoms with Crippen LogP contribution in [0.2, 0.25) is 0 Å². The summed E-state index contributed by atoms with van der Waals surface area (Å²) in [6.07, 6.45) is 0.799. The molecule has 54 valence electrons. The van der Waals surface area contributed by atoms with Gasteiger partial charge in [0, 0.05) is 6.42 Å². The zero-order valence-electron chi connectivity index (χ0n) is 6.13. The Kier molecular flexibility index (Phi) is 1.80. The molecule has 1 heterocycles. The van der Waals surface area contributed by atoms with Crippen molar-refractivity contribution >= 4 is 5.95 Å². The summed E-state index contributed by atoms with van der Waals surface area (Å²) < 4.78 is 0. The number of nitrogen functional groups attached to an aromatic ring is 1. The van der Waals surface area contributed by atoms with Gasteiger partial charge in [-0.25, -0.2) is 4.98 Å². The van der Waals surface area contributed by atoms with E-state index in [1.165, 1.54) is 0 Å². The third kappa shape index (κ3) is 1.40. The highest BCUT2D eigenvalue weighted by Crippen LogP contribution is 1.95. The summed E-state index contributed by atoms with van der Waals surface area (Å²) in [7, 11) is 0. The predicted octanol–water partition coefficient (Wildman–Crippen LogP) is 0.325. The summed E-state index contributed by atoms with van der Waals surface area (Å²) in [6.45, 7) is 3.78. The molecular formula is C6H10N4. The van der Waals surface area contributed by atoms with E-state index in [0.717, 1.165) is 12.2 Å². The predicted molar refractivity (Wildman–Crippen MR) is 38.4 cm³/mol. The van der Waals surface area contributed by atoms with E-state index >= 15 is 0 Å². The van der Waals surface area contributed by atoms with E-state index in [9.17, 15) is 0 Å². The molecule has 2 N–H and O–H groups in total. The third-order valence-corrected chi connectivity index (χ3v) is 1.13. The Morgan fingerprint density at radius 2 is 2.00 bits per heavy atom. The molecule has 0 aliphatic heterocycles. The highest BCUT2D eigenvalue weighted by molar-refractivity contribution is 5.15. The maximum absolute atomic E-state index is 5.37. The molecule has 0 bridgehead atoms. The van der Waals surface area contributed by atoms with Crippen LogP contribution < -0.4 is 5.73 Å². The number of nitrogens with two attached hydrogens (primary N) is 1. The quantitative estimate of drug-likeness (QED) is 0.607. The van der Waals surface area contributed by atoms with Crippen molar-refractivity contribution in [3.05, 3.63) is 11.6 Å². The highest BCUT2D eigenvalue weighted by Gasteiger charge is 1.96. The Bertz CT molecular complexity index is 213. The Morgan fingerprint density at radius 1 is 1.30 bits per heavy atom. The van der Waals surface area contributed by atoms with Gasteiger partial charge in [0.15, 0.2) is 0 Å². The molecule has 0 radical (unpaired) electrons. The summed E-state index contributed by atoms with van der Waals surface area (Å²) in [5, 5.41) is 0. The van der Waals surface area contributed by atoms with Crippen LogP contribution in [0.15, 0.2) is 0 Å². The van der Waals surface area contributed by atoms with Crippen molar-refractivity contribution in [2.24, 2.45) is 0 Å². The van der Waals surface area contributed by atoms with Gasteiger partial charge in [0.2, 0.25) is 5.95 Å². The monoisotopic (exact) mass is 138 g/mol. The lowest BCUT2D eigenvalue weighted by atomic mass is 10.4. The summed E-state index contributed by atoms with van der Waals surface area (Å²) in [5.41, 5.74) is 5.37. The number of nitrogens with zero attached hydrogens (tertiary/aromatic N) is 3. The lowest BCUT2D eigenvalue weighted by Gasteiger charge is -1.96. The second-order valence-corrected chi connectivity index (χ2v) is 2.01. The molecule has 0 amide bonds. The molecule has 0 fully saturated rings. The topological polar surface area (TPSA) is 64.7 Å². The molecule has 1 aromatic heterocycles. The lowest BCUT2D eigenvalue weighted by molar-refractivity contribution is 0.873. The van der Waals surface area contributed by atoms with E-state index in [1.807, 2.05) is 6.92 Å². The molecule has 0 spiro atoms. The van der Waals surface area contributed by atoms with Gasteiger partial charge in [-0.1, -0.05) is 6.92 Å². The van der Waals surface area contributed by atoms with Gasteiger partial charge in [0.25, 0.3) is 0 Å².